The van der Waals surface area contributed by atoms with Gasteiger partial charge in [-0.15, -0.1) is 0 Å². The average molecular weight is 441 g/mol. The number of imidazole rings is 1. The van der Waals surface area contributed by atoms with Crippen LogP contribution in [0.3, 0.4) is 0 Å². The predicted octanol–water partition coefficient (Wildman–Crippen LogP) is 2.40. The van der Waals surface area contributed by atoms with Gasteiger partial charge in [-0.05, 0) is 25.0 Å². The molecule has 162 valence electrons. The van der Waals surface area contributed by atoms with Gasteiger partial charge in [0.25, 0.3) is 10.0 Å². The lowest BCUT2D eigenvalue weighted by Crippen LogP contribution is -2.39. The second kappa shape index (κ2) is 8.56. The van der Waals surface area contributed by atoms with Gasteiger partial charge >= 0.3 is 0 Å². The van der Waals surface area contributed by atoms with Crippen LogP contribution in [0.25, 0.3) is 11.3 Å². The number of amides is 1. The monoisotopic (exact) mass is 440 g/mol. The van der Waals surface area contributed by atoms with Gasteiger partial charge in [-0.3, -0.25) is 14.8 Å². The molecule has 1 fully saturated rings. The first-order valence-electron chi connectivity index (χ1n) is 10.0. The van der Waals surface area contributed by atoms with Gasteiger partial charge in [0.2, 0.25) is 5.91 Å². The fourth-order valence-corrected chi connectivity index (χ4v) is 5.35. The molecule has 1 aromatic carbocycles. The standard InChI is InChI=1S/C21H24N6O3S/c1-15(28)25-18-7-3-5-16(11-18)20-21(23-9-8-22-20)17-6-4-10-27(12-17)31(29,30)19-13-26(2)14-24-19/h3,5,7-9,11,13-14,17H,4,6,10,12H2,1-2H3,(H,25,28). The molecule has 1 aliphatic rings. The summed E-state index contributed by atoms with van der Waals surface area (Å²) >= 11 is 0. The molecular formula is C21H24N6O3S. The van der Waals surface area contributed by atoms with Crippen molar-refractivity contribution in [3.8, 4) is 11.3 Å². The molecule has 0 spiro atoms. The Labute approximate surface area is 181 Å². The Kier molecular flexibility index (Phi) is 5.84. The fourth-order valence-electron chi connectivity index (χ4n) is 3.86. The Balaban J connectivity index is 1.64. The zero-order valence-electron chi connectivity index (χ0n) is 17.4. The summed E-state index contributed by atoms with van der Waals surface area (Å²) in [4.78, 5) is 24.6. The van der Waals surface area contributed by atoms with E-state index < -0.39 is 10.0 Å². The molecule has 3 aromatic rings. The van der Waals surface area contributed by atoms with E-state index in [1.54, 1.807) is 24.0 Å². The van der Waals surface area contributed by atoms with E-state index in [9.17, 15) is 13.2 Å². The molecule has 31 heavy (non-hydrogen) atoms. The van der Waals surface area contributed by atoms with Crippen LogP contribution in [0.1, 0.15) is 31.4 Å². The fraction of sp³-hybridized carbons (Fsp3) is 0.333. The van der Waals surface area contributed by atoms with E-state index >= 15 is 0 Å². The third-order valence-electron chi connectivity index (χ3n) is 5.24. The van der Waals surface area contributed by atoms with Gasteiger partial charge in [-0.1, -0.05) is 12.1 Å². The molecule has 0 radical (unpaired) electrons. The molecule has 1 N–H and O–H groups in total. The summed E-state index contributed by atoms with van der Waals surface area (Å²) in [5.74, 6) is -0.250. The van der Waals surface area contributed by atoms with Crippen molar-refractivity contribution in [1.82, 2.24) is 23.8 Å². The van der Waals surface area contributed by atoms with Gasteiger partial charge in [0, 0.05) is 62.8 Å². The number of nitrogens with one attached hydrogen (secondary N) is 1. The van der Waals surface area contributed by atoms with E-state index in [1.807, 2.05) is 24.3 Å². The number of rotatable bonds is 5. The second-order valence-electron chi connectivity index (χ2n) is 7.63. The molecule has 1 saturated heterocycles. The van der Waals surface area contributed by atoms with Crippen molar-refractivity contribution in [1.29, 1.82) is 0 Å². The maximum absolute atomic E-state index is 13.1. The highest BCUT2D eigenvalue weighted by molar-refractivity contribution is 7.89. The van der Waals surface area contributed by atoms with E-state index in [2.05, 4.69) is 20.3 Å². The molecule has 1 amide bonds. The van der Waals surface area contributed by atoms with Crippen LogP contribution >= 0.6 is 0 Å². The minimum Gasteiger partial charge on any atom is -0.339 e. The van der Waals surface area contributed by atoms with E-state index in [0.717, 1.165) is 24.1 Å². The number of benzene rings is 1. The number of nitrogens with zero attached hydrogens (tertiary/aromatic N) is 5. The normalized spacial score (nSPS) is 17.4. The number of sulfonamides is 1. The molecule has 3 heterocycles. The third kappa shape index (κ3) is 4.49. The highest BCUT2D eigenvalue weighted by atomic mass is 32.2. The summed E-state index contributed by atoms with van der Waals surface area (Å²) in [6, 6.07) is 7.41. The van der Waals surface area contributed by atoms with Crippen LogP contribution in [0.2, 0.25) is 0 Å². The molecule has 0 aliphatic carbocycles. The largest absolute Gasteiger partial charge is 0.339 e. The maximum Gasteiger partial charge on any atom is 0.262 e. The predicted molar refractivity (Wildman–Crippen MR) is 116 cm³/mol. The van der Waals surface area contributed by atoms with Crippen LogP contribution in [0.5, 0.6) is 0 Å². The lowest BCUT2D eigenvalue weighted by Gasteiger charge is -2.31. The number of hydrogen-bond donors (Lipinski definition) is 1. The van der Waals surface area contributed by atoms with Crippen LogP contribution < -0.4 is 5.32 Å². The first-order chi connectivity index (χ1) is 14.8. The molecular weight excluding hydrogens is 416 g/mol. The minimum atomic E-state index is -3.67. The van der Waals surface area contributed by atoms with E-state index in [4.69, 9.17) is 0 Å². The van der Waals surface area contributed by atoms with Crippen LogP contribution in [-0.4, -0.2) is 51.2 Å². The Morgan fingerprint density at radius 2 is 2.00 bits per heavy atom. The summed E-state index contributed by atoms with van der Waals surface area (Å²) in [5.41, 5.74) is 2.93. The molecule has 0 bridgehead atoms. The highest BCUT2D eigenvalue weighted by Crippen LogP contribution is 2.34. The molecule has 0 saturated carbocycles. The van der Waals surface area contributed by atoms with Crippen molar-refractivity contribution < 1.29 is 13.2 Å². The molecule has 9 nitrogen and oxygen atoms in total. The zero-order valence-corrected chi connectivity index (χ0v) is 18.2. The minimum absolute atomic E-state index is 0.0537. The van der Waals surface area contributed by atoms with Crippen LogP contribution in [0.15, 0.2) is 54.2 Å². The molecule has 4 rings (SSSR count). The summed E-state index contributed by atoms with van der Waals surface area (Å²) in [7, 11) is -1.93. The number of carbonyl (C=O) groups is 1. The van der Waals surface area contributed by atoms with Gasteiger partial charge in [0.1, 0.15) is 0 Å². The highest BCUT2D eigenvalue weighted by Gasteiger charge is 2.34. The van der Waals surface area contributed by atoms with Crippen LogP contribution in [0, 0.1) is 0 Å². The SMILES string of the molecule is CC(=O)Nc1cccc(-c2nccnc2C2CCCN(S(=O)(=O)c3cn(C)cn3)C2)c1. The van der Waals surface area contributed by atoms with E-state index in [0.29, 0.717) is 24.5 Å². The Morgan fingerprint density at radius 1 is 1.19 bits per heavy atom. The molecule has 10 heteroatoms. The maximum atomic E-state index is 13.1. The Bertz CT molecular complexity index is 1210. The first kappa shape index (κ1) is 21.1. The number of anilines is 1. The van der Waals surface area contributed by atoms with Gasteiger partial charge in [0.05, 0.1) is 17.7 Å². The van der Waals surface area contributed by atoms with Crippen molar-refractivity contribution >= 4 is 21.6 Å². The van der Waals surface area contributed by atoms with Gasteiger partial charge < -0.3 is 9.88 Å². The first-order valence-corrected chi connectivity index (χ1v) is 11.5. The van der Waals surface area contributed by atoms with Gasteiger partial charge in [-0.25, -0.2) is 13.4 Å². The molecule has 2 aromatic heterocycles. The van der Waals surface area contributed by atoms with E-state index in [1.165, 1.54) is 23.8 Å². The van der Waals surface area contributed by atoms with Gasteiger partial charge in [-0.2, -0.15) is 4.31 Å². The third-order valence-corrected chi connectivity index (χ3v) is 6.99. The summed E-state index contributed by atoms with van der Waals surface area (Å²) in [5, 5.41) is 2.83. The van der Waals surface area contributed by atoms with Crippen molar-refractivity contribution in [3.05, 3.63) is 54.9 Å². The number of aryl methyl sites for hydroxylation is 1. The quantitative estimate of drug-likeness (QED) is 0.652. The second-order valence-corrected chi connectivity index (χ2v) is 9.52. The molecule has 1 unspecified atom stereocenters. The average Bonchev–Trinajstić information content (AvgIpc) is 3.21. The number of aromatic nitrogens is 4. The summed E-state index contributed by atoms with van der Waals surface area (Å²) in [6.45, 7) is 2.22. The number of hydrogen-bond acceptors (Lipinski definition) is 6. The summed E-state index contributed by atoms with van der Waals surface area (Å²) in [6.07, 6.45) is 7.78. The van der Waals surface area contributed by atoms with Crippen LogP contribution in [-0.2, 0) is 21.9 Å². The van der Waals surface area contributed by atoms with Crippen molar-refractivity contribution in [2.24, 2.45) is 7.05 Å². The smallest absolute Gasteiger partial charge is 0.262 e. The summed E-state index contributed by atoms with van der Waals surface area (Å²) < 4.78 is 29.2. The van der Waals surface area contributed by atoms with Gasteiger partial charge in [0.15, 0.2) is 5.03 Å². The molecule has 1 aliphatic heterocycles. The number of piperidine rings is 1. The Hall–Kier alpha value is -3.11. The topological polar surface area (TPSA) is 110 Å². The van der Waals surface area contributed by atoms with E-state index in [-0.39, 0.29) is 16.9 Å². The van der Waals surface area contributed by atoms with Crippen molar-refractivity contribution in [2.45, 2.75) is 30.7 Å². The Morgan fingerprint density at radius 3 is 2.74 bits per heavy atom. The lowest BCUT2D eigenvalue weighted by atomic mass is 9.92. The molecule has 1 atom stereocenters. The lowest BCUT2D eigenvalue weighted by molar-refractivity contribution is -0.114. The van der Waals surface area contributed by atoms with Crippen LogP contribution in [0.4, 0.5) is 5.69 Å². The zero-order chi connectivity index (χ0) is 22.0. The number of carbonyl (C=O) groups excluding carboxylic acids is 1. The van der Waals surface area contributed by atoms with Crippen molar-refractivity contribution in [3.63, 3.8) is 0 Å². The van der Waals surface area contributed by atoms with Crippen molar-refractivity contribution in [2.75, 3.05) is 18.4 Å².